The highest BCUT2D eigenvalue weighted by Gasteiger charge is 2.20. The van der Waals surface area contributed by atoms with E-state index in [0.29, 0.717) is 12.2 Å². The van der Waals surface area contributed by atoms with Crippen LogP contribution in [0.15, 0.2) is 42.5 Å². The van der Waals surface area contributed by atoms with Crippen molar-refractivity contribution in [1.82, 2.24) is 9.03 Å². The van der Waals surface area contributed by atoms with E-state index in [2.05, 4.69) is 4.72 Å². The van der Waals surface area contributed by atoms with Crippen molar-refractivity contribution >= 4 is 21.8 Å². The van der Waals surface area contributed by atoms with Gasteiger partial charge in [0.1, 0.15) is 11.6 Å². The lowest BCUT2D eigenvalue weighted by Crippen LogP contribution is -2.39. The van der Waals surface area contributed by atoms with Gasteiger partial charge in [0, 0.05) is 30.7 Å². The van der Waals surface area contributed by atoms with Gasteiger partial charge >= 0.3 is 0 Å². The molecule has 0 bridgehead atoms. The van der Waals surface area contributed by atoms with Crippen LogP contribution in [-0.2, 0) is 23.2 Å². The minimum Gasteiger partial charge on any atom is -0.496 e. The van der Waals surface area contributed by atoms with E-state index >= 15 is 0 Å². The van der Waals surface area contributed by atoms with Crippen LogP contribution in [0.2, 0.25) is 5.02 Å². The first-order valence-corrected chi connectivity index (χ1v) is 9.42. The molecule has 0 atom stereocenters. The molecular weight excluding hydrogens is 367 g/mol. The van der Waals surface area contributed by atoms with Crippen molar-refractivity contribution < 1.29 is 17.5 Å². The summed E-state index contributed by atoms with van der Waals surface area (Å²) >= 11 is 5.95. The van der Waals surface area contributed by atoms with Crippen molar-refractivity contribution in [1.29, 1.82) is 0 Å². The van der Waals surface area contributed by atoms with E-state index in [1.54, 1.807) is 7.11 Å². The normalized spacial score (nSPS) is 11.7. The number of para-hydroxylation sites is 1. The average molecular weight is 387 g/mol. The number of nitrogens with one attached hydrogen (secondary N) is 1. The van der Waals surface area contributed by atoms with Crippen LogP contribution in [0.5, 0.6) is 5.75 Å². The molecule has 2 aromatic rings. The summed E-state index contributed by atoms with van der Waals surface area (Å²) in [6, 6.07) is 11.6. The predicted molar refractivity (Wildman–Crippen MR) is 96.5 cm³/mol. The minimum atomic E-state index is -3.76. The second kappa shape index (κ2) is 8.62. The van der Waals surface area contributed by atoms with Gasteiger partial charge in [-0.2, -0.15) is 12.7 Å². The summed E-state index contributed by atoms with van der Waals surface area (Å²) in [6.07, 6.45) is 0.470. The summed E-state index contributed by atoms with van der Waals surface area (Å²) in [7, 11) is -0.831. The zero-order chi connectivity index (χ0) is 18.4. The van der Waals surface area contributed by atoms with Crippen LogP contribution in [0.25, 0.3) is 0 Å². The lowest BCUT2D eigenvalue weighted by atomic mass is 10.1. The van der Waals surface area contributed by atoms with Gasteiger partial charge in [0.15, 0.2) is 0 Å². The fourth-order valence-corrected chi connectivity index (χ4v) is 3.43. The molecule has 0 fully saturated rings. The van der Waals surface area contributed by atoms with Crippen LogP contribution >= 0.6 is 11.6 Å². The van der Waals surface area contributed by atoms with E-state index in [1.807, 2.05) is 24.3 Å². The van der Waals surface area contributed by atoms with Gasteiger partial charge in [-0.15, -0.1) is 0 Å². The first kappa shape index (κ1) is 19.7. The fraction of sp³-hybridized carbons (Fsp3) is 0.294. The van der Waals surface area contributed by atoms with E-state index in [0.717, 1.165) is 9.87 Å². The Labute approximate surface area is 152 Å². The Hall–Kier alpha value is -1.67. The maximum atomic E-state index is 13.8. The lowest BCUT2D eigenvalue weighted by Gasteiger charge is -2.19. The molecular formula is C17H20ClFN2O3S. The van der Waals surface area contributed by atoms with Crippen LogP contribution in [0.1, 0.15) is 11.1 Å². The lowest BCUT2D eigenvalue weighted by molar-refractivity contribution is 0.409. The van der Waals surface area contributed by atoms with Crippen LogP contribution in [-0.4, -0.2) is 33.4 Å². The van der Waals surface area contributed by atoms with Crippen LogP contribution in [0.4, 0.5) is 4.39 Å². The molecule has 8 heteroatoms. The van der Waals surface area contributed by atoms with Crippen molar-refractivity contribution in [3.63, 3.8) is 0 Å². The number of nitrogens with zero attached hydrogens (tertiary/aromatic N) is 1. The van der Waals surface area contributed by atoms with Gasteiger partial charge in [-0.05, 0) is 30.2 Å². The number of rotatable bonds is 8. The third kappa shape index (κ3) is 5.15. The van der Waals surface area contributed by atoms with E-state index in [-0.39, 0.29) is 23.7 Å². The molecule has 0 spiro atoms. The number of methoxy groups -OCH3 is 1. The summed E-state index contributed by atoms with van der Waals surface area (Å²) < 4.78 is 47.2. The van der Waals surface area contributed by atoms with E-state index in [1.165, 1.54) is 25.2 Å². The van der Waals surface area contributed by atoms with Crippen molar-refractivity contribution in [3.05, 3.63) is 64.4 Å². The van der Waals surface area contributed by atoms with Gasteiger partial charge in [-0.3, -0.25) is 0 Å². The highest BCUT2D eigenvalue weighted by atomic mass is 35.5. The summed E-state index contributed by atoms with van der Waals surface area (Å²) in [6.45, 7) is 0.0353. The van der Waals surface area contributed by atoms with Crippen molar-refractivity contribution in [2.75, 3.05) is 20.7 Å². The van der Waals surface area contributed by atoms with Crippen LogP contribution in [0, 0.1) is 5.82 Å². The van der Waals surface area contributed by atoms with Crippen molar-refractivity contribution in [2.45, 2.75) is 13.0 Å². The number of ether oxygens (including phenoxy) is 1. The maximum absolute atomic E-state index is 13.8. The first-order valence-electron chi connectivity index (χ1n) is 7.61. The van der Waals surface area contributed by atoms with Crippen molar-refractivity contribution in [3.8, 4) is 5.75 Å². The van der Waals surface area contributed by atoms with Gasteiger partial charge in [-0.25, -0.2) is 9.11 Å². The zero-order valence-electron chi connectivity index (χ0n) is 14.0. The summed E-state index contributed by atoms with van der Waals surface area (Å²) in [5.41, 5.74) is 1.04. The van der Waals surface area contributed by atoms with Crippen LogP contribution < -0.4 is 9.46 Å². The molecule has 2 rings (SSSR count). The smallest absolute Gasteiger partial charge is 0.279 e. The highest BCUT2D eigenvalue weighted by Crippen LogP contribution is 2.21. The van der Waals surface area contributed by atoms with Gasteiger partial charge in [0.05, 0.1) is 7.11 Å². The fourth-order valence-electron chi connectivity index (χ4n) is 2.33. The quantitative estimate of drug-likeness (QED) is 0.758. The van der Waals surface area contributed by atoms with E-state index in [4.69, 9.17) is 16.3 Å². The molecule has 1 N–H and O–H groups in total. The largest absolute Gasteiger partial charge is 0.496 e. The Morgan fingerprint density at radius 2 is 1.92 bits per heavy atom. The molecule has 0 unspecified atom stereocenters. The Morgan fingerprint density at radius 1 is 1.20 bits per heavy atom. The Morgan fingerprint density at radius 3 is 2.60 bits per heavy atom. The standard InChI is InChI=1S/C17H20ClFN2O3S/c1-21(12-14-15(18)7-5-8-16(14)19)25(22,23)20-11-10-13-6-3-4-9-17(13)24-2/h3-9,20H,10-12H2,1-2H3. The highest BCUT2D eigenvalue weighted by molar-refractivity contribution is 7.87. The monoisotopic (exact) mass is 386 g/mol. The number of benzene rings is 2. The molecule has 0 heterocycles. The maximum Gasteiger partial charge on any atom is 0.279 e. The zero-order valence-corrected chi connectivity index (χ0v) is 15.6. The molecule has 0 saturated heterocycles. The Kier molecular flexibility index (Phi) is 6.78. The molecule has 0 amide bonds. The summed E-state index contributed by atoms with van der Waals surface area (Å²) in [5, 5.41) is 0.191. The van der Waals surface area contributed by atoms with Gasteiger partial charge < -0.3 is 4.74 Å². The summed E-state index contributed by atoms with van der Waals surface area (Å²) in [5.74, 6) is 0.164. The van der Waals surface area contributed by atoms with Gasteiger partial charge in [0.2, 0.25) is 0 Å². The molecule has 136 valence electrons. The van der Waals surface area contributed by atoms with Gasteiger partial charge in [-0.1, -0.05) is 35.9 Å². The van der Waals surface area contributed by atoms with Gasteiger partial charge in [0.25, 0.3) is 10.2 Å². The third-order valence-corrected chi connectivity index (χ3v) is 5.60. The first-order chi connectivity index (χ1) is 11.8. The number of halogens is 2. The average Bonchev–Trinajstić information content (AvgIpc) is 2.58. The molecule has 0 aromatic heterocycles. The van der Waals surface area contributed by atoms with Crippen molar-refractivity contribution in [2.24, 2.45) is 0 Å². The summed E-state index contributed by atoms with van der Waals surface area (Å²) in [4.78, 5) is 0. The molecule has 0 aliphatic carbocycles. The number of hydrogen-bond donors (Lipinski definition) is 1. The molecule has 0 aliphatic rings. The minimum absolute atomic E-state index is 0.141. The van der Waals surface area contributed by atoms with Crippen LogP contribution in [0.3, 0.4) is 0 Å². The third-order valence-electron chi connectivity index (χ3n) is 3.72. The molecule has 0 radical (unpaired) electrons. The second-order valence-corrected chi connectivity index (χ2v) is 7.69. The molecule has 5 nitrogen and oxygen atoms in total. The predicted octanol–water partition coefficient (Wildman–Crippen LogP) is 3.00. The SMILES string of the molecule is COc1ccccc1CCNS(=O)(=O)N(C)Cc1c(F)cccc1Cl. The van der Waals surface area contributed by atoms with E-state index < -0.39 is 16.0 Å². The second-order valence-electron chi connectivity index (χ2n) is 5.42. The molecule has 0 saturated carbocycles. The molecule has 25 heavy (non-hydrogen) atoms. The number of hydrogen-bond acceptors (Lipinski definition) is 3. The molecule has 2 aromatic carbocycles. The molecule has 0 aliphatic heterocycles. The Bertz CT molecular complexity index is 810. The topological polar surface area (TPSA) is 58.6 Å². The Balaban J connectivity index is 1.99. The van der Waals surface area contributed by atoms with E-state index in [9.17, 15) is 12.8 Å².